The number of nitrogens with zero attached hydrogens (tertiary/aromatic N) is 5. The lowest BCUT2D eigenvalue weighted by Gasteiger charge is -2.35. The fraction of sp³-hybridized carbons (Fsp3) is 0.294. The van der Waals surface area contributed by atoms with E-state index in [1.54, 1.807) is 24.5 Å². The lowest BCUT2D eigenvalue weighted by molar-refractivity contribution is 0.236. The van der Waals surface area contributed by atoms with Gasteiger partial charge in [0.2, 0.25) is 15.8 Å². The molecule has 5 N–H and O–H groups in total. The fourth-order valence-electron chi connectivity index (χ4n) is 3.44. The minimum atomic E-state index is -4.29. The summed E-state index contributed by atoms with van der Waals surface area (Å²) in [6, 6.07) is 4.99. The number of primary sulfonamides is 1. The normalized spacial score (nSPS) is 16.4. The van der Waals surface area contributed by atoms with Gasteiger partial charge in [0, 0.05) is 37.6 Å². The van der Waals surface area contributed by atoms with Crippen molar-refractivity contribution in [1.29, 1.82) is 0 Å². The van der Waals surface area contributed by atoms with E-state index in [1.165, 1.54) is 6.07 Å². The van der Waals surface area contributed by atoms with Gasteiger partial charge < -0.3 is 10.6 Å². The number of benzene rings is 1. The Kier molecular flexibility index (Phi) is 5.46. The number of nitrogens with one attached hydrogen (secondary N) is 1. The number of pyridine rings is 1. The summed E-state index contributed by atoms with van der Waals surface area (Å²) in [7, 11) is -3.97. The first kappa shape index (κ1) is 20.7. The summed E-state index contributed by atoms with van der Waals surface area (Å²) < 4.78 is 38.6. The van der Waals surface area contributed by atoms with Crippen molar-refractivity contribution in [3.8, 4) is 22.5 Å². The molecule has 1 atom stereocenters. The Morgan fingerprint density at radius 2 is 2.07 bits per heavy atom. The van der Waals surface area contributed by atoms with Crippen molar-refractivity contribution in [2.24, 2.45) is 10.9 Å². The molecule has 0 saturated carbocycles. The van der Waals surface area contributed by atoms with Gasteiger partial charge in [0.15, 0.2) is 0 Å². The minimum absolute atomic E-state index is 0.0248. The molecule has 13 heteroatoms. The van der Waals surface area contributed by atoms with Gasteiger partial charge in [-0.15, -0.1) is 10.2 Å². The molecule has 0 aliphatic carbocycles. The van der Waals surface area contributed by atoms with Crippen LogP contribution in [0, 0.1) is 0 Å². The van der Waals surface area contributed by atoms with Gasteiger partial charge in [-0.3, -0.25) is 9.19 Å². The number of hydrogen-bond acceptors (Lipinski definition) is 9. The second-order valence-electron chi connectivity index (χ2n) is 7.02. The van der Waals surface area contributed by atoms with Crippen LogP contribution in [0.15, 0.2) is 40.4 Å². The van der Waals surface area contributed by atoms with Crippen LogP contribution in [0.2, 0.25) is 0 Å². The third-order valence-corrected chi connectivity index (χ3v) is 7.67. The molecule has 4 rings (SSSR count). The molecule has 1 aliphatic heterocycles. The molecule has 158 valence electrons. The predicted octanol–water partition coefficient (Wildman–Crippen LogP) is -0.544. The first-order chi connectivity index (χ1) is 14.3. The van der Waals surface area contributed by atoms with E-state index in [9.17, 15) is 12.6 Å². The number of aromatic amines is 1. The number of aromatic nitrogens is 5. The first-order valence-electron chi connectivity index (χ1n) is 8.96. The molecule has 0 bridgehead atoms. The third-order valence-electron chi connectivity index (χ3n) is 4.87. The Morgan fingerprint density at radius 1 is 1.30 bits per heavy atom. The zero-order valence-electron chi connectivity index (χ0n) is 16.0. The SMILES string of the molecule is CN1CC(S(=O)c2ccc(-c3cncc(CN)c3)c(-c3nn[nH]n3)c2S(N)(=O)=O)C1. The lowest BCUT2D eigenvalue weighted by Crippen LogP contribution is -2.50. The summed E-state index contributed by atoms with van der Waals surface area (Å²) in [5.41, 5.74) is 7.67. The van der Waals surface area contributed by atoms with Crippen LogP contribution >= 0.6 is 0 Å². The van der Waals surface area contributed by atoms with Gasteiger partial charge in [0.1, 0.15) is 4.90 Å². The summed E-state index contributed by atoms with van der Waals surface area (Å²) in [4.78, 5) is 6.03. The highest BCUT2D eigenvalue weighted by molar-refractivity contribution is 7.91. The van der Waals surface area contributed by atoms with Crippen LogP contribution < -0.4 is 10.9 Å². The average Bonchev–Trinajstić information content (AvgIpc) is 3.24. The van der Waals surface area contributed by atoms with E-state index in [4.69, 9.17) is 10.9 Å². The Bertz CT molecular complexity index is 1210. The smallest absolute Gasteiger partial charge is 0.240 e. The zero-order chi connectivity index (χ0) is 21.5. The quantitative estimate of drug-likeness (QED) is 0.447. The molecule has 3 heterocycles. The largest absolute Gasteiger partial charge is 0.326 e. The maximum atomic E-state index is 13.2. The van der Waals surface area contributed by atoms with E-state index >= 15 is 0 Å². The predicted molar refractivity (Wildman–Crippen MR) is 110 cm³/mol. The Labute approximate surface area is 175 Å². The van der Waals surface area contributed by atoms with Crippen LogP contribution in [-0.2, 0) is 27.4 Å². The van der Waals surface area contributed by atoms with Gasteiger partial charge in [-0.05, 0) is 35.5 Å². The lowest BCUT2D eigenvalue weighted by atomic mass is 9.99. The van der Waals surface area contributed by atoms with Crippen LogP contribution in [0.1, 0.15) is 5.56 Å². The number of rotatable bonds is 6. The van der Waals surface area contributed by atoms with Gasteiger partial charge >= 0.3 is 0 Å². The van der Waals surface area contributed by atoms with Gasteiger partial charge in [-0.1, -0.05) is 6.07 Å². The van der Waals surface area contributed by atoms with Crippen LogP contribution in [0.3, 0.4) is 0 Å². The fourth-order valence-corrected chi connectivity index (χ4v) is 6.49. The molecule has 2 aromatic heterocycles. The van der Waals surface area contributed by atoms with E-state index < -0.39 is 20.8 Å². The molecular weight excluding hydrogens is 428 g/mol. The monoisotopic (exact) mass is 448 g/mol. The average molecular weight is 449 g/mol. The maximum Gasteiger partial charge on any atom is 0.240 e. The topological polar surface area (TPSA) is 174 Å². The highest BCUT2D eigenvalue weighted by Crippen LogP contribution is 2.39. The van der Waals surface area contributed by atoms with Crippen molar-refractivity contribution in [3.63, 3.8) is 0 Å². The molecule has 1 unspecified atom stereocenters. The van der Waals surface area contributed by atoms with Crippen molar-refractivity contribution >= 4 is 20.8 Å². The highest BCUT2D eigenvalue weighted by Gasteiger charge is 2.35. The molecule has 1 aromatic carbocycles. The molecular formula is C17H20N8O3S2. The second-order valence-corrected chi connectivity index (χ2v) is 10.2. The van der Waals surface area contributed by atoms with Crippen molar-refractivity contribution in [1.82, 2.24) is 30.5 Å². The van der Waals surface area contributed by atoms with Crippen LogP contribution in [0.25, 0.3) is 22.5 Å². The van der Waals surface area contributed by atoms with Gasteiger partial charge in [-0.2, -0.15) is 5.21 Å². The third kappa shape index (κ3) is 3.77. The van der Waals surface area contributed by atoms with Crippen LogP contribution in [0.5, 0.6) is 0 Å². The van der Waals surface area contributed by atoms with E-state index in [-0.39, 0.29) is 33.0 Å². The highest BCUT2D eigenvalue weighted by atomic mass is 32.2. The molecule has 0 spiro atoms. The van der Waals surface area contributed by atoms with Crippen LogP contribution in [-0.4, -0.2) is 68.5 Å². The summed E-state index contributed by atoms with van der Waals surface area (Å²) in [6.07, 6.45) is 3.19. The maximum absolute atomic E-state index is 13.2. The van der Waals surface area contributed by atoms with E-state index in [0.29, 0.717) is 24.2 Å². The summed E-state index contributed by atoms with van der Waals surface area (Å²) in [5.74, 6) is 0.0248. The van der Waals surface area contributed by atoms with Crippen molar-refractivity contribution in [3.05, 3.63) is 36.2 Å². The standard InChI is InChI=1S/C17H20N8O3S2/c1-25-8-12(9-25)29(26)14-3-2-13(11-4-10(5-18)6-20-7-11)15(16(14)30(19,27)28)17-21-23-24-22-17/h2-4,6-7,12H,5,8-9,18H2,1H3,(H2,19,27,28)(H,21,22,23,24). The van der Waals surface area contributed by atoms with Gasteiger partial charge in [0.05, 0.1) is 26.5 Å². The van der Waals surface area contributed by atoms with E-state index in [2.05, 4.69) is 25.6 Å². The molecule has 3 aromatic rings. The minimum Gasteiger partial charge on any atom is -0.326 e. The number of nitrogens with two attached hydrogens (primary N) is 2. The number of tetrazole rings is 1. The molecule has 30 heavy (non-hydrogen) atoms. The molecule has 1 fully saturated rings. The molecule has 1 saturated heterocycles. The Hall–Kier alpha value is -2.58. The number of likely N-dealkylation sites (tertiary alicyclic amines) is 1. The molecule has 1 aliphatic rings. The molecule has 11 nitrogen and oxygen atoms in total. The van der Waals surface area contributed by atoms with Gasteiger partial charge in [0.25, 0.3) is 0 Å². The van der Waals surface area contributed by atoms with Crippen LogP contribution in [0.4, 0.5) is 0 Å². The van der Waals surface area contributed by atoms with E-state index in [1.807, 2.05) is 11.9 Å². The summed E-state index contributed by atoms with van der Waals surface area (Å²) >= 11 is 0. The van der Waals surface area contributed by atoms with Crippen molar-refractivity contribution in [2.45, 2.75) is 21.6 Å². The Morgan fingerprint density at radius 3 is 2.67 bits per heavy atom. The summed E-state index contributed by atoms with van der Waals surface area (Å²) in [5, 5.41) is 19.2. The second kappa shape index (κ2) is 7.92. The molecule has 0 amide bonds. The van der Waals surface area contributed by atoms with Gasteiger partial charge in [-0.25, -0.2) is 13.6 Å². The summed E-state index contributed by atoms with van der Waals surface area (Å²) in [6.45, 7) is 1.45. The van der Waals surface area contributed by atoms with E-state index in [0.717, 1.165) is 5.56 Å². The number of H-pyrrole nitrogens is 1. The Balaban J connectivity index is 2.00. The first-order valence-corrected chi connectivity index (χ1v) is 11.7. The van der Waals surface area contributed by atoms with Crippen molar-refractivity contribution in [2.75, 3.05) is 20.1 Å². The zero-order valence-corrected chi connectivity index (χ0v) is 17.7. The van der Waals surface area contributed by atoms with Crippen molar-refractivity contribution < 1.29 is 12.6 Å². The number of hydrogen-bond donors (Lipinski definition) is 3. The molecule has 0 radical (unpaired) electrons. The number of sulfonamides is 1.